The van der Waals surface area contributed by atoms with Crippen molar-refractivity contribution in [3.63, 3.8) is 0 Å². The van der Waals surface area contributed by atoms with E-state index in [0.29, 0.717) is 5.89 Å². The normalized spacial score (nSPS) is 11.9. The molecule has 0 unspecified atom stereocenters. The number of benzene rings is 9. The van der Waals surface area contributed by atoms with Gasteiger partial charge in [0, 0.05) is 55.6 Å². The van der Waals surface area contributed by atoms with Crippen molar-refractivity contribution in [3.8, 4) is 22.6 Å². The van der Waals surface area contributed by atoms with Crippen molar-refractivity contribution < 1.29 is 13.3 Å². The molecule has 0 spiro atoms. The summed E-state index contributed by atoms with van der Waals surface area (Å²) in [4.78, 5) is 7.29. The Labute approximate surface area is 320 Å². The highest BCUT2D eigenvalue weighted by atomic mass is 16.3. The van der Waals surface area contributed by atoms with Crippen molar-refractivity contribution >= 4 is 93.6 Å². The first-order valence-corrected chi connectivity index (χ1v) is 18.8. The van der Waals surface area contributed by atoms with Gasteiger partial charge < -0.3 is 18.2 Å². The topological polar surface area (TPSA) is 55.6 Å². The van der Waals surface area contributed by atoms with Crippen LogP contribution in [0.15, 0.2) is 195 Å². The maximum Gasteiger partial charge on any atom is 0.227 e. The van der Waals surface area contributed by atoms with Gasteiger partial charge in [-0.1, -0.05) is 103 Å². The minimum Gasteiger partial charge on any atom is -0.456 e. The second-order valence-corrected chi connectivity index (χ2v) is 14.3. The average molecular weight is 719 g/mol. The molecule has 0 saturated carbocycles. The summed E-state index contributed by atoms with van der Waals surface area (Å²) >= 11 is 0. The smallest absolute Gasteiger partial charge is 0.227 e. The highest BCUT2D eigenvalue weighted by Gasteiger charge is 2.20. The fourth-order valence-electron chi connectivity index (χ4n) is 8.36. The Morgan fingerprint density at radius 1 is 0.357 bits per heavy atom. The van der Waals surface area contributed by atoms with E-state index >= 15 is 0 Å². The zero-order valence-corrected chi connectivity index (χ0v) is 29.9. The summed E-state index contributed by atoms with van der Waals surface area (Å²) in [5.41, 5.74) is 11.3. The molecule has 0 amide bonds. The van der Waals surface area contributed by atoms with Gasteiger partial charge in [-0.2, -0.15) is 0 Å². The minimum absolute atomic E-state index is 0.599. The number of rotatable bonds is 5. The van der Waals surface area contributed by atoms with E-state index in [2.05, 4.69) is 157 Å². The van der Waals surface area contributed by atoms with Gasteiger partial charge in [-0.15, -0.1) is 0 Å². The van der Waals surface area contributed by atoms with Crippen LogP contribution in [0.1, 0.15) is 0 Å². The largest absolute Gasteiger partial charge is 0.456 e. The van der Waals surface area contributed by atoms with Crippen LogP contribution in [0.2, 0.25) is 0 Å². The van der Waals surface area contributed by atoms with Crippen LogP contribution < -0.4 is 4.90 Å². The Kier molecular flexibility index (Phi) is 6.56. The average Bonchev–Trinajstić information content (AvgIpc) is 3.97. The van der Waals surface area contributed by atoms with Gasteiger partial charge in [0.05, 0.1) is 0 Å². The number of furan rings is 2. The van der Waals surface area contributed by atoms with Crippen LogP contribution in [0, 0.1) is 0 Å². The molecule has 0 aliphatic rings. The first kappa shape index (κ1) is 30.8. The van der Waals surface area contributed by atoms with Crippen LogP contribution in [0.3, 0.4) is 0 Å². The zero-order chi connectivity index (χ0) is 36.7. The van der Waals surface area contributed by atoms with Crippen molar-refractivity contribution in [1.29, 1.82) is 0 Å². The molecule has 0 aliphatic carbocycles. The van der Waals surface area contributed by atoms with Gasteiger partial charge in [-0.05, 0) is 100 Å². The molecule has 262 valence electrons. The summed E-state index contributed by atoms with van der Waals surface area (Å²) in [6.45, 7) is 0. The van der Waals surface area contributed by atoms with Crippen molar-refractivity contribution in [2.75, 3.05) is 4.90 Å². The van der Waals surface area contributed by atoms with E-state index in [1.165, 1.54) is 5.56 Å². The number of anilines is 3. The van der Waals surface area contributed by atoms with E-state index in [1.54, 1.807) is 0 Å². The Morgan fingerprint density at radius 3 is 1.73 bits per heavy atom. The number of hydrogen-bond acceptors (Lipinski definition) is 5. The Balaban J connectivity index is 1.05. The van der Waals surface area contributed by atoms with E-state index < -0.39 is 0 Å². The van der Waals surface area contributed by atoms with E-state index in [0.717, 1.165) is 105 Å². The molecule has 5 nitrogen and oxygen atoms in total. The van der Waals surface area contributed by atoms with Gasteiger partial charge in [0.15, 0.2) is 5.58 Å². The molecule has 12 rings (SSSR count). The molecule has 56 heavy (non-hydrogen) atoms. The lowest BCUT2D eigenvalue weighted by Crippen LogP contribution is -2.09. The van der Waals surface area contributed by atoms with Gasteiger partial charge in [0.1, 0.15) is 27.8 Å². The van der Waals surface area contributed by atoms with Crippen molar-refractivity contribution in [2.24, 2.45) is 0 Å². The van der Waals surface area contributed by atoms with Crippen LogP contribution in [0.25, 0.3) is 99.1 Å². The van der Waals surface area contributed by atoms with Crippen LogP contribution in [-0.2, 0) is 0 Å². The number of hydrogen-bond donors (Lipinski definition) is 0. The molecule has 0 aliphatic heterocycles. The van der Waals surface area contributed by atoms with E-state index in [-0.39, 0.29) is 0 Å². The van der Waals surface area contributed by atoms with Crippen LogP contribution >= 0.6 is 0 Å². The predicted octanol–water partition coefficient (Wildman–Crippen LogP) is 14.7. The molecule has 3 aromatic heterocycles. The minimum atomic E-state index is 0.599. The Bertz CT molecular complexity index is 3480. The highest BCUT2D eigenvalue weighted by Crippen LogP contribution is 2.43. The van der Waals surface area contributed by atoms with Gasteiger partial charge in [-0.25, -0.2) is 4.98 Å². The third-order valence-corrected chi connectivity index (χ3v) is 11.1. The van der Waals surface area contributed by atoms with Crippen molar-refractivity contribution in [3.05, 3.63) is 182 Å². The van der Waals surface area contributed by atoms with E-state index in [1.807, 2.05) is 30.3 Å². The molecule has 5 heteroatoms. The third kappa shape index (κ3) is 4.78. The standard InChI is InChI=1S/C51H30N2O3/c1-2-8-31(9-3-1)32-14-18-35(19-15-32)51-52-44-26-21-34-17-16-33-20-22-36(28-42(33)49(34)50(44)56-51)53(37-24-27-47-43(29-37)40-11-5-7-13-46(40)54-47)38-23-25-41-39-10-4-6-12-45(39)55-48(41)30-38/h1-30H. The summed E-state index contributed by atoms with van der Waals surface area (Å²) in [5.74, 6) is 0.599. The predicted molar refractivity (Wildman–Crippen MR) is 229 cm³/mol. The number of oxazole rings is 1. The molecule has 0 radical (unpaired) electrons. The quantitative estimate of drug-likeness (QED) is 0.166. The lowest BCUT2D eigenvalue weighted by molar-refractivity contribution is 0.623. The Morgan fingerprint density at radius 2 is 0.911 bits per heavy atom. The first-order chi connectivity index (χ1) is 27.7. The summed E-state index contributed by atoms with van der Waals surface area (Å²) in [7, 11) is 0. The van der Waals surface area contributed by atoms with Crippen LogP contribution in [0.5, 0.6) is 0 Å². The highest BCUT2D eigenvalue weighted by molar-refractivity contribution is 6.19. The maximum atomic E-state index is 6.70. The molecule has 0 saturated heterocycles. The number of nitrogens with zero attached hydrogens (tertiary/aromatic N) is 2. The molecule has 9 aromatic carbocycles. The molecule has 3 heterocycles. The van der Waals surface area contributed by atoms with Crippen LogP contribution in [0.4, 0.5) is 17.1 Å². The van der Waals surface area contributed by atoms with Crippen molar-refractivity contribution in [1.82, 2.24) is 4.98 Å². The fraction of sp³-hybridized carbons (Fsp3) is 0. The van der Waals surface area contributed by atoms with Gasteiger partial charge >= 0.3 is 0 Å². The molecule has 12 aromatic rings. The number of aromatic nitrogens is 1. The molecule has 0 bridgehead atoms. The second kappa shape index (κ2) is 11.9. The zero-order valence-electron chi connectivity index (χ0n) is 29.9. The monoisotopic (exact) mass is 718 g/mol. The number of para-hydroxylation sites is 2. The van der Waals surface area contributed by atoms with Gasteiger partial charge in [0.25, 0.3) is 0 Å². The molecule has 0 fully saturated rings. The Hall–Kier alpha value is -7.63. The molecule has 0 atom stereocenters. The fourth-order valence-corrected chi connectivity index (χ4v) is 8.36. The molecule has 0 N–H and O–H groups in total. The summed E-state index contributed by atoms with van der Waals surface area (Å²) < 4.78 is 19.4. The van der Waals surface area contributed by atoms with E-state index in [4.69, 9.17) is 18.2 Å². The maximum absolute atomic E-state index is 6.70. The van der Waals surface area contributed by atoms with E-state index in [9.17, 15) is 0 Å². The summed E-state index contributed by atoms with van der Waals surface area (Å²) in [6.07, 6.45) is 0. The third-order valence-electron chi connectivity index (χ3n) is 11.1. The lowest BCUT2D eigenvalue weighted by Gasteiger charge is -2.26. The molecular weight excluding hydrogens is 689 g/mol. The summed E-state index contributed by atoms with van der Waals surface area (Å²) in [5, 5.41) is 8.65. The van der Waals surface area contributed by atoms with Gasteiger partial charge in [-0.3, -0.25) is 0 Å². The summed E-state index contributed by atoms with van der Waals surface area (Å²) in [6, 6.07) is 63.3. The van der Waals surface area contributed by atoms with Gasteiger partial charge in [0.2, 0.25) is 5.89 Å². The lowest BCUT2D eigenvalue weighted by atomic mass is 10.00. The first-order valence-electron chi connectivity index (χ1n) is 18.8. The molecular formula is C51H30N2O3. The van der Waals surface area contributed by atoms with Crippen LogP contribution in [-0.4, -0.2) is 4.98 Å². The SMILES string of the molecule is c1ccc(-c2ccc(-c3nc4ccc5ccc6ccc(N(c7ccc8c(c7)oc7ccccc78)c7ccc8oc9ccccc9c8c7)cc6c5c4o3)cc2)cc1. The number of fused-ring (bicyclic) bond motifs is 11. The second-order valence-electron chi connectivity index (χ2n) is 14.3. The van der Waals surface area contributed by atoms with Crippen molar-refractivity contribution in [2.45, 2.75) is 0 Å².